The summed E-state index contributed by atoms with van der Waals surface area (Å²) in [5.41, 5.74) is 1.00. The summed E-state index contributed by atoms with van der Waals surface area (Å²) < 4.78 is 3.17. The first-order valence-corrected chi connectivity index (χ1v) is 8.47. The smallest absolute Gasteiger partial charge is 0.153 e. The third kappa shape index (κ3) is 2.35. The van der Waals surface area contributed by atoms with Crippen molar-refractivity contribution < 1.29 is 0 Å². The number of aromatic nitrogens is 5. The van der Waals surface area contributed by atoms with Crippen molar-refractivity contribution in [2.75, 3.05) is 5.32 Å². The van der Waals surface area contributed by atoms with Gasteiger partial charge in [-0.25, -0.2) is 19.6 Å². The number of thiophene rings is 1. The van der Waals surface area contributed by atoms with Crippen LogP contribution in [-0.2, 0) is 13.0 Å². The maximum atomic E-state index is 4.63. The fourth-order valence-electron chi connectivity index (χ4n) is 2.78. The van der Waals surface area contributed by atoms with Crippen LogP contribution in [0.25, 0.3) is 10.2 Å². The molecule has 0 aromatic carbocycles. The molecule has 0 spiro atoms. The zero-order chi connectivity index (χ0) is 15.1. The average molecular weight is 314 g/mol. The molecule has 4 rings (SSSR count). The van der Waals surface area contributed by atoms with Crippen LogP contribution < -0.4 is 5.32 Å². The molecule has 22 heavy (non-hydrogen) atoms. The number of nitrogens with zero attached hydrogens (tertiary/aromatic N) is 5. The molecule has 0 saturated heterocycles. The minimum Gasteiger partial charge on any atom is -0.364 e. The van der Waals surface area contributed by atoms with Gasteiger partial charge in [-0.3, -0.25) is 0 Å². The van der Waals surface area contributed by atoms with Crippen LogP contribution in [0.2, 0.25) is 0 Å². The first-order valence-electron chi connectivity index (χ1n) is 7.59. The van der Waals surface area contributed by atoms with Gasteiger partial charge in [-0.1, -0.05) is 13.8 Å². The fraction of sp³-hybridized carbons (Fsp3) is 0.467. The van der Waals surface area contributed by atoms with E-state index in [1.165, 1.54) is 0 Å². The van der Waals surface area contributed by atoms with Gasteiger partial charge in [0, 0.05) is 18.4 Å². The third-order valence-electron chi connectivity index (χ3n) is 3.97. The van der Waals surface area contributed by atoms with Crippen LogP contribution in [0.15, 0.2) is 17.8 Å². The highest BCUT2D eigenvalue weighted by molar-refractivity contribution is 7.17. The molecule has 3 aromatic rings. The minimum absolute atomic E-state index is 0.328. The molecule has 6 nitrogen and oxygen atoms in total. The highest BCUT2D eigenvalue weighted by atomic mass is 32.1. The first kappa shape index (κ1) is 13.6. The van der Waals surface area contributed by atoms with Crippen molar-refractivity contribution in [2.45, 2.75) is 45.2 Å². The Morgan fingerprint density at radius 2 is 2.27 bits per heavy atom. The maximum absolute atomic E-state index is 4.63. The van der Waals surface area contributed by atoms with Crippen LogP contribution in [0.4, 0.5) is 5.82 Å². The van der Waals surface area contributed by atoms with Crippen LogP contribution in [0.5, 0.6) is 0 Å². The van der Waals surface area contributed by atoms with Crippen molar-refractivity contribution in [3.8, 4) is 0 Å². The molecule has 114 valence electrons. The van der Waals surface area contributed by atoms with Gasteiger partial charge in [-0.05, 0) is 17.9 Å². The lowest BCUT2D eigenvalue weighted by atomic mass is 10.1. The Labute approximate surface area is 132 Å². The van der Waals surface area contributed by atoms with Gasteiger partial charge in [0.05, 0.1) is 16.8 Å². The number of fused-ring (bicyclic) bond motifs is 2. The predicted molar refractivity (Wildman–Crippen MR) is 87.3 cm³/mol. The molecule has 3 aromatic heterocycles. The van der Waals surface area contributed by atoms with Gasteiger partial charge in [0.25, 0.3) is 0 Å². The highest BCUT2D eigenvalue weighted by Crippen LogP contribution is 2.27. The molecular formula is C15H18N6S. The van der Waals surface area contributed by atoms with Gasteiger partial charge in [0.15, 0.2) is 5.82 Å². The van der Waals surface area contributed by atoms with E-state index in [1.807, 2.05) is 10.7 Å². The average Bonchev–Trinajstić information content (AvgIpc) is 3.13. The van der Waals surface area contributed by atoms with Gasteiger partial charge >= 0.3 is 0 Å². The Kier molecular flexibility index (Phi) is 3.29. The Hall–Kier alpha value is -2.02. The lowest BCUT2D eigenvalue weighted by Crippen LogP contribution is -2.32. The summed E-state index contributed by atoms with van der Waals surface area (Å²) in [7, 11) is 0. The van der Waals surface area contributed by atoms with Crippen LogP contribution >= 0.6 is 11.3 Å². The standard InChI is InChI=1S/C15H18N6S/c1-9(2)14-19-12-4-3-10(7-21(12)20-14)18-15-13-11(5-6-22-13)16-8-17-15/h5-6,8-10H,3-4,7H2,1-2H3,(H,16,17,18). The summed E-state index contributed by atoms with van der Waals surface area (Å²) in [6, 6.07) is 2.35. The maximum Gasteiger partial charge on any atom is 0.153 e. The summed E-state index contributed by atoms with van der Waals surface area (Å²) in [5.74, 6) is 3.35. The number of nitrogens with one attached hydrogen (secondary N) is 1. The Morgan fingerprint density at radius 1 is 1.36 bits per heavy atom. The Bertz CT molecular complexity index is 805. The van der Waals surface area contributed by atoms with Crippen LogP contribution in [-0.4, -0.2) is 30.8 Å². The second-order valence-electron chi connectivity index (χ2n) is 5.96. The van der Waals surface area contributed by atoms with Crippen molar-refractivity contribution in [3.63, 3.8) is 0 Å². The van der Waals surface area contributed by atoms with Crippen LogP contribution in [0, 0.1) is 0 Å². The van der Waals surface area contributed by atoms with E-state index < -0.39 is 0 Å². The summed E-state index contributed by atoms with van der Waals surface area (Å²) in [4.78, 5) is 13.3. The Morgan fingerprint density at radius 3 is 3.14 bits per heavy atom. The number of hydrogen-bond acceptors (Lipinski definition) is 6. The van der Waals surface area contributed by atoms with Crippen molar-refractivity contribution in [3.05, 3.63) is 29.4 Å². The van der Waals surface area contributed by atoms with E-state index in [0.29, 0.717) is 12.0 Å². The zero-order valence-corrected chi connectivity index (χ0v) is 13.5. The number of aryl methyl sites for hydroxylation is 1. The first-order chi connectivity index (χ1) is 10.7. The molecule has 0 saturated carbocycles. The van der Waals surface area contributed by atoms with E-state index in [1.54, 1.807) is 17.7 Å². The van der Waals surface area contributed by atoms with Gasteiger partial charge in [0.2, 0.25) is 0 Å². The zero-order valence-electron chi connectivity index (χ0n) is 12.7. The van der Waals surface area contributed by atoms with Gasteiger partial charge < -0.3 is 5.32 Å². The van der Waals surface area contributed by atoms with Gasteiger partial charge in [-0.2, -0.15) is 5.10 Å². The largest absolute Gasteiger partial charge is 0.364 e. The lowest BCUT2D eigenvalue weighted by Gasteiger charge is -2.24. The normalized spacial score (nSPS) is 17.9. The fourth-order valence-corrected chi connectivity index (χ4v) is 3.57. The molecule has 0 radical (unpaired) electrons. The van der Waals surface area contributed by atoms with Crippen molar-refractivity contribution >= 4 is 27.4 Å². The number of hydrogen-bond donors (Lipinski definition) is 1. The van der Waals surface area contributed by atoms with E-state index in [9.17, 15) is 0 Å². The molecule has 1 N–H and O–H groups in total. The van der Waals surface area contributed by atoms with Gasteiger partial charge in [-0.15, -0.1) is 11.3 Å². The number of anilines is 1. The lowest BCUT2D eigenvalue weighted by molar-refractivity contribution is 0.439. The molecule has 0 amide bonds. The van der Waals surface area contributed by atoms with E-state index in [2.05, 4.69) is 44.6 Å². The molecule has 7 heteroatoms. The Balaban J connectivity index is 1.56. The molecule has 0 aliphatic carbocycles. The third-order valence-corrected chi connectivity index (χ3v) is 4.89. The molecule has 1 unspecified atom stereocenters. The minimum atomic E-state index is 0.328. The highest BCUT2D eigenvalue weighted by Gasteiger charge is 2.23. The second-order valence-corrected chi connectivity index (χ2v) is 6.88. The quantitative estimate of drug-likeness (QED) is 0.805. The SMILES string of the molecule is CC(C)c1nc2n(n1)CC(Nc1ncnc3ccsc13)CC2. The van der Waals surface area contributed by atoms with E-state index in [-0.39, 0.29) is 0 Å². The topological polar surface area (TPSA) is 68.5 Å². The summed E-state index contributed by atoms with van der Waals surface area (Å²) >= 11 is 1.67. The van der Waals surface area contributed by atoms with Crippen molar-refractivity contribution in [1.82, 2.24) is 24.7 Å². The van der Waals surface area contributed by atoms with E-state index in [0.717, 1.165) is 47.1 Å². The van der Waals surface area contributed by atoms with E-state index >= 15 is 0 Å². The molecular weight excluding hydrogens is 296 g/mol. The molecule has 4 heterocycles. The van der Waals surface area contributed by atoms with Crippen LogP contribution in [0.1, 0.15) is 37.8 Å². The predicted octanol–water partition coefficient (Wildman–Crippen LogP) is 2.83. The molecule has 1 aliphatic rings. The van der Waals surface area contributed by atoms with Crippen molar-refractivity contribution in [2.24, 2.45) is 0 Å². The van der Waals surface area contributed by atoms with Gasteiger partial charge in [0.1, 0.15) is 18.0 Å². The summed E-state index contributed by atoms with van der Waals surface area (Å²) in [6.07, 6.45) is 3.63. The molecule has 0 bridgehead atoms. The van der Waals surface area contributed by atoms with E-state index in [4.69, 9.17) is 0 Å². The molecule has 1 atom stereocenters. The number of rotatable bonds is 3. The molecule has 1 aliphatic heterocycles. The van der Waals surface area contributed by atoms with Crippen LogP contribution in [0.3, 0.4) is 0 Å². The second kappa shape index (κ2) is 5.31. The molecule has 0 fully saturated rings. The summed E-state index contributed by atoms with van der Waals surface area (Å²) in [6.45, 7) is 5.10. The monoisotopic (exact) mass is 314 g/mol. The summed E-state index contributed by atoms with van der Waals surface area (Å²) in [5, 5.41) is 10.2. The van der Waals surface area contributed by atoms with Crippen molar-refractivity contribution in [1.29, 1.82) is 0 Å².